The standard InChI is InChI=1S/C12H16N4/c1-4-16-9(3)12(8(2)15-16)10-6-5-7-11(13)14-10/h5-7H,4H2,1-3H3,(H2,13,14). The molecule has 0 aliphatic rings. The first-order valence-corrected chi connectivity index (χ1v) is 5.40. The van der Waals surface area contributed by atoms with Crippen molar-refractivity contribution in [3.63, 3.8) is 0 Å². The molecule has 0 aliphatic heterocycles. The molecular formula is C12H16N4. The molecule has 4 nitrogen and oxygen atoms in total. The SMILES string of the molecule is CCn1nc(C)c(-c2cccc(N)n2)c1C. The minimum absolute atomic E-state index is 0.542. The average Bonchev–Trinajstić information content (AvgIpc) is 2.53. The number of hydrogen-bond acceptors (Lipinski definition) is 3. The van der Waals surface area contributed by atoms with Gasteiger partial charge >= 0.3 is 0 Å². The summed E-state index contributed by atoms with van der Waals surface area (Å²) >= 11 is 0. The quantitative estimate of drug-likeness (QED) is 0.837. The molecule has 0 aromatic carbocycles. The fraction of sp³-hybridized carbons (Fsp3) is 0.333. The van der Waals surface area contributed by atoms with Gasteiger partial charge in [-0.15, -0.1) is 0 Å². The molecule has 2 aromatic heterocycles. The molecule has 0 saturated heterocycles. The van der Waals surface area contributed by atoms with E-state index in [-0.39, 0.29) is 0 Å². The fourth-order valence-electron chi connectivity index (χ4n) is 1.97. The lowest BCUT2D eigenvalue weighted by Gasteiger charge is -2.03. The molecule has 2 aromatic rings. The number of anilines is 1. The Morgan fingerprint density at radius 1 is 1.31 bits per heavy atom. The van der Waals surface area contributed by atoms with E-state index < -0.39 is 0 Å². The molecule has 4 heteroatoms. The van der Waals surface area contributed by atoms with E-state index >= 15 is 0 Å². The van der Waals surface area contributed by atoms with Crippen LogP contribution in [0.2, 0.25) is 0 Å². The highest BCUT2D eigenvalue weighted by molar-refractivity contribution is 5.65. The molecule has 0 aliphatic carbocycles. The maximum atomic E-state index is 5.70. The second-order valence-corrected chi connectivity index (χ2v) is 3.81. The second kappa shape index (κ2) is 3.96. The van der Waals surface area contributed by atoms with E-state index in [4.69, 9.17) is 5.73 Å². The van der Waals surface area contributed by atoms with Crippen LogP contribution in [0.5, 0.6) is 0 Å². The third kappa shape index (κ3) is 1.66. The smallest absolute Gasteiger partial charge is 0.124 e. The van der Waals surface area contributed by atoms with Gasteiger partial charge in [-0.25, -0.2) is 4.98 Å². The van der Waals surface area contributed by atoms with E-state index in [2.05, 4.69) is 23.9 Å². The zero-order valence-electron chi connectivity index (χ0n) is 9.86. The van der Waals surface area contributed by atoms with Crippen LogP contribution in [0.1, 0.15) is 18.3 Å². The minimum atomic E-state index is 0.542. The van der Waals surface area contributed by atoms with Gasteiger partial charge in [-0.1, -0.05) is 6.07 Å². The van der Waals surface area contributed by atoms with Gasteiger partial charge in [-0.05, 0) is 32.9 Å². The van der Waals surface area contributed by atoms with Crippen LogP contribution < -0.4 is 5.73 Å². The van der Waals surface area contributed by atoms with Crippen LogP contribution in [0.4, 0.5) is 5.82 Å². The van der Waals surface area contributed by atoms with Gasteiger partial charge in [0.05, 0.1) is 11.4 Å². The third-order valence-corrected chi connectivity index (χ3v) is 2.71. The summed E-state index contributed by atoms with van der Waals surface area (Å²) in [6, 6.07) is 5.67. The monoisotopic (exact) mass is 216 g/mol. The zero-order valence-corrected chi connectivity index (χ0v) is 9.86. The molecule has 2 heterocycles. The molecular weight excluding hydrogens is 200 g/mol. The second-order valence-electron chi connectivity index (χ2n) is 3.81. The number of nitrogens with two attached hydrogens (primary N) is 1. The third-order valence-electron chi connectivity index (χ3n) is 2.71. The van der Waals surface area contributed by atoms with Gasteiger partial charge < -0.3 is 5.73 Å². The van der Waals surface area contributed by atoms with E-state index in [1.807, 2.05) is 23.7 Å². The highest BCUT2D eigenvalue weighted by atomic mass is 15.3. The number of aromatic nitrogens is 3. The molecule has 0 saturated carbocycles. The number of nitrogens with zero attached hydrogens (tertiary/aromatic N) is 3. The van der Waals surface area contributed by atoms with Crippen molar-refractivity contribution < 1.29 is 0 Å². The number of pyridine rings is 1. The molecule has 0 radical (unpaired) electrons. The van der Waals surface area contributed by atoms with Crippen LogP contribution in [0.3, 0.4) is 0 Å². The van der Waals surface area contributed by atoms with Crippen LogP contribution in [-0.2, 0) is 6.54 Å². The summed E-state index contributed by atoms with van der Waals surface area (Å²) in [5.74, 6) is 0.542. The Hall–Kier alpha value is -1.84. The minimum Gasteiger partial charge on any atom is -0.384 e. The molecule has 84 valence electrons. The van der Waals surface area contributed by atoms with Crippen molar-refractivity contribution in [2.45, 2.75) is 27.3 Å². The van der Waals surface area contributed by atoms with Gasteiger partial charge in [0.15, 0.2) is 0 Å². The number of aryl methyl sites for hydroxylation is 2. The van der Waals surface area contributed by atoms with Crippen molar-refractivity contribution in [3.05, 3.63) is 29.6 Å². The van der Waals surface area contributed by atoms with Crippen LogP contribution in [0.25, 0.3) is 11.3 Å². The molecule has 0 fully saturated rings. The predicted molar refractivity (Wildman–Crippen MR) is 65.0 cm³/mol. The van der Waals surface area contributed by atoms with Crippen molar-refractivity contribution in [2.24, 2.45) is 0 Å². The van der Waals surface area contributed by atoms with Gasteiger partial charge in [0.2, 0.25) is 0 Å². The molecule has 0 spiro atoms. The largest absolute Gasteiger partial charge is 0.384 e. The Morgan fingerprint density at radius 2 is 2.06 bits per heavy atom. The summed E-state index contributed by atoms with van der Waals surface area (Å²) in [4.78, 5) is 4.34. The van der Waals surface area contributed by atoms with Gasteiger partial charge in [-0.3, -0.25) is 4.68 Å². The van der Waals surface area contributed by atoms with Crippen molar-refractivity contribution >= 4 is 5.82 Å². The van der Waals surface area contributed by atoms with E-state index in [1.165, 1.54) is 0 Å². The number of nitrogen functional groups attached to an aromatic ring is 1. The van der Waals surface area contributed by atoms with Gasteiger partial charge in [0.1, 0.15) is 5.82 Å². The Balaban J connectivity index is 2.60. The Labute approximate surface area is 95.1 Å². The Kier molecular flexibility index (Phi) is 2.64. The molecule has 2 rings (SSSR count). The van der Waals surface area contributed by atoms with E-state index in [1.54, 1.807) is 6.07 Å². The molecule has 0 bridgehead atoms. The number of hydrogen-bond donors (Lipinski definition) is 1. The Bertz CT molecular complexity index is 514. The van der Waals surface area contributed by atoms with Crippen LogP contribution in [0, 0.1) is 13.8 Å². The highest BCUT2D eigenvalue weighted by Crippen LogP contribution is 2.25. The van der Waals surface area contributed by atoms with Crippen LogP contribution >= 0.6 is 0 Å². The average molecular weight is 216 g/mol. The van der Waals surface area contributed by atoms with Crippen LogP contribution in [-0.4, -0.2) is 14.8 Å². The number of rotatable bonds is 2. The zero-order chi connectivity index (χ0) is 11.7. The summed E-state index contributed by atoms with van der Waals surface area (Å²) in [6.07, 6.45) is 0. The lowest BCUT2D eigenvalue weighted by molar-refractivity contribution is 0.634. The summed E-state index contributed by atoms with van der Waals surface area (Å²) in [5.41, 5.74) is 9.82. The van der Waals surface area contributed by atoms with Crippen molar-refractivity contribution in [1.82, 2.24) is 14.8 Å². The molecule has 0 amide bonds. The molecule has 16 heavy (non-hydrogen) atoms. The first-order chi connectivity index (χ1) is 7.63. The van der Waals surface area contributed by atoms with E-state index in [9.17, 15) is 0 Å². The van der Waals surface area contributed by atoms with E-state index in [0.717, 1.165) is 29.2 Å². The lowest BCUT2D eigenvalue weighted by Crippen LogP contribution is -1.99. The summed E-state index contributed by atoms with van der Waals surface area (Å²) in [7, 11) is 0. The van der Waals surface area contributed by atoms with Gasteiger partial charge in [-0.2, -0.15) is 5.10 Å². The summed E-state index contributed by atoms with van der Waals surface area (Å²) in [5, 5.41) is 4.47. The van der Waals surface area contributed by atoms with Gasteiger partial charge in [0, 0.05) is 17.8 Å². The Morgan fingerprint density at radius 3 is 2.62 bits per heavy atom. The van der Waals surface area contributed by atoms with Crippen molar-refractivity contribution in [3.8, 4) is 11.3 Å². The van der Waals surface area contributed by atoms with Gasteiger partial charge in [0.25, 0.3) is 0 Å². The summed E-state index contributed by atoms with van der Waals surface area (Å²) < 4.78 is 1.98. The first kappa shape index (κ1) is 10.7. The first-order valence-electron chi connectivity index (χ1n) is 5.40. The topological polar surface area (TPSA) is 56.7 Å². The molecule has 2 N–H and O–H groups in total. The van der Waals surface area contributed by atoms with E-state index in [0.29, 0.717) is 5.82 Å². The summed E-state index contributed by atoms with van der Waals surface area (Å²) in [6.45, 7) is 7.01. The lowest BCUT2D eigenvalue weighted by atomic mass is 10.1. The van der Waals surface area contributed by atoms with Crippen molar-refractivity contribution in [2.75, 3.05) is 5.73 Å². The van der Waals surface area contributed by atoms with Crippen LogP contribution in [0.15, 0.2) is 18.2 Å². The van der Waals surface area contributed by atoms with Crippen molar-refractivity contribution in [1.29, 1.82) is 0 Å². The fourth-order valence-corrected chi connectivity index (χ4v) is 1.97. The normalized spacial score (nSPS) is 10.7. The predicted octanol–water partition coefficient (Wildman–Crippen LogP) is 2.16. The maximum Gasteiger partial charge on any atom is 0.124 e. The highest BCUT2D eigenvalue weighted by Gasteiger charge is 2.13. The maximum absolute atomic E-state index is 5.70. The molecule has 0 unspecified atom stereocenters. The molecule has 0 atom stereocenters.